The first-order valence-electron chi connectivity index (χ1n) is 8.51. The summed E-state index contributed by atoms with van der Waals surface area (Å²) in [6, 6.07) is 13.8. The highest BCUT2D eigenvalue weighted by Crippen LogP contribution is 2.18. The van der Waals surface area contributed by atoms with Gasteiger partial charge in [0.25, 0.3) is 0 Å². The van der Waals surface area contributed by atoms with E-state index in [-0.39, 0.29) is 0 Å². The van der Waals surface area contributed by atoms with E-state index in [4.69, 9.17) is 16.4 Å². The molecule has 1 aliphatic heterocycles. The first kappa shape index (κ1) is 17.7. The summed E-state index contributed by atoms with van der Waals surface area (Å²) in [5.74, 6) is 1.06. The number of pyridine rings is 1. The molecule has 25 heavy (non-hydrogen) atoms. The highest BCUT2D eigenvalue weighted by molar-refractivity contribution is 6.34. The molecule has 6 heteroatoms. The van der Waals surface area contributed by atoms with E-state index >= 15 is 0 Å². The molecule has 0 N–H and O–H groups in total. The van der Waals surface area contributed by atoms with Gasteiger partial charge in [0.2, 0.25) is 0 Å². The molecule has 0 unspecified atom stereocenters. The second-order valence-corrected chi connectivity index (χ2v) is 6.37. The lowest BCUT2D eigenvalue weighted by atomic mass is 10.1. The third kappa shape index (κ3) is 4.71. The maximum absolute atomic E-state index is 6.30. The van der Waals surface area contributed by atoms with E-state index in [2.05, 4.69) is 26.0 Å². The molecule has 0 saturated carbocycles. The summed E-state index contributed by atoms with van der Waals surface area (Å²) in [5.41, 5.74) is 1.83. The van der Waals surface area contributed by atoms with Crippen molar-refractivity contribution in [2.75, 3.05) is 44.7 Å². The van der Waals surface area contributed by atoms with Crippen molar-refractivity contribution < 1.29 is 4.84 Å². The van der Waals surface area contributed by atoms with Crippen molar-refractivity contribution in [2.24, 2.45) is 5.16 Å². The Labute approximate surface area is 153 Å². The van der Waals surface area contributed by atoms with E-state index in [0.717, 1.165) is 56.2 Å². The molecule has 0 spiro atoms. The molecule has 2 aromatic rings. The Morgan fingerprint density at radius 3 is 2.56 bits per heavy atom. The first-order valence-corrected chi connectivity index (χ1v) is 8.89. The van der Waals surface area contributed by atoms with Crippen molar-refractivity contribution in [3.05, 3.63) is 59.2 Å². The number of aromatic nitrogens is 1. The number of hydrogen-bond donors (Lipinski definition) is 0. The SMILES string of the molecule is CON=C(CCN1CCN(c2ccccn2)CC1)c1ccccc1Cl. The van der Waals surface area contributed by atoms with Gasteiger partial charge < -0.3 is 9.74 Å². The molecule has 1 aromatic heterocycles. The van der Waals surface area contributed by atoms with Crippen LogP contribution in [0, 0.1) is 0 Å². The van der Waals surface area contributed by atoms with Crippen LogP contribution < -0.4 is 4.90 Å². The van der Waals surface area contributed by atoms with Crippen LogP contribution in [0.4, 0.5) is 5.82 Å². The van der Waals surface area contributed by atoms with Crippen LogP contribution >= 0.6 is 11.6 Å². The Kier molecular flexibility index (Phi) is 6.25. The van der Waals surface area contributed by atoms with E-state index in [9.17, 15) is 0 Å². The lowest BCUT2D eigenvalue weighted by Crippen LogP contribution is -2.47. The fourth-order valence-electron chi connectivity index (χ4n) is 3.04. The van der Waals surface area contributed by atoms with Gasteiger partial charge in [0.05, 0.1) is 5.71 Å². The Morgan fingerprint density at radius 1 is 1.12 bits per heavy atom. The predicted octanol–water partition coefficient (Wildman–Crippen LogP) is 3.30. The van der Waals surface area contributed by atoms with Crippen molar-refractivity contribution in [1.29, 1.82) is 0 Å². The van der Waals surface area contributed by atoms with Crippen LogP contribution in [-0.2, 0) is 4.84 Å². The highest BCUT2D eigenvalue weighted by atomic mass is 35.5. The van der Waals surface area contributed by atoms with Crippen LogP contribution in [0.5, 0.6) is 0 Å². The Balaban J connectivity index is 1.55. The average Bonchev–Trinajstić information content (AvgIpc) is 2.67. The van der Waals surface area contributed by atoms with Gasteiger partial charge in [-0.3, -0.25) is 4.90 Å². The van der Waals surface area contributed by atoms with E-state index in [0.29, 0.717) is 5.02 Å². The van der Waals surface area contributed by atoms with E-state index < -0.39 is 0 Å². The van der Waals surface area contributed by atoms with Crippen molar-refractivity contribution in [3.63, 3.8) is 0 Å². The fraction of sp³-hybridized carbons (Fsp3) is 0.368. The third-order valence-electron chi connectivity index (χ3n) is 4.40. The number of nitrogens with zero attached hydrogens (tertiary/aromatic N) is 4. The lowest BCUT2D eigenvalue weighted by Gasteiger charge is -2.35. The zero-order valence-electron chi connectivity index (χ0n) is 14.4. The van der Waals surface area contributed by atoms with Gasteiger partial charge in [0, 0.05) is 55.9 Å². The second-order valence-electron chi connectivity index (χ2n) is 5.97. The molecule has 132 valence electrons. The molecule has 0 amide bonds. The summed E-state index contributed by atoms with van der Waals surface area (Å²) in [5, 5.41) is 4.89. The largest absolute Gasteiger partial charge is 0.399 e. The Bertz CT molecular complexity index is 700. The summed E-state index contributed by atoms with van der Waals surface area (Å²) in [4.78, 5) is 14.2. The van der Waals surface area contributed by atoms with Crippen molar-refractivity contribution >= 4 is 23.1 Å². The molecule has 2 heterocycles. The Morgan fingerprint density at radius 2 is 1.88 bits per heavy atom. The molecule has 1 aliphatic rings. The highest BCUT2D eigenvalue weighted by Gasteiger charge is 2.19. The molecule has 1 saturated heterocycles. The zero-order valence-corrected chi connectivity index (χ0v) is 15.2. The minimum absolute atomic E-state index is 0.707. The van der Waals surface area contributed by atoms with E-state index in [1.165, 1.54) is 0 Å². The predicted molar refractivity (Wildman–Crippen MR) is 103 cm³/mol. The third-order valence-corrected chi connectivity index (χ3v) is 4.73. The molecule has 0 atom stereocenters. The Hall–Kier alpha value is -2.11. The van der Waals surface area contributed by atoms with Crippen LogP contribution in [0.25, 0.3) is 0 Å². The van der Waals surface area contributed by atoms with Crippen molar-refractivity contribution in [3.8, 4) is 0 Å². The number of hydrogen-bond acceptors (Lipinski definition) is 5. The quantitative estimate of drug-likeness (QED) is 0.587. The number of oxime groups is 1. The molecule has 1 aromatic carbocycles. The van der Waals surface area contributed by atoms with E-state index in [1.54, 1.807) is 7.11 Å². The average molecular weight is 359 g/mol. The van der Waals surface area contributed by atoms with E-state index in [1.807, 2.05) is 42.6 Å². The van der Waals surface area contributed by atoms with Gasteiger partial charge in [-0.15, -0.1) is 0 Å². The van der Waals surface area contributed by atoms with Gasteiger partial charge in [-0.1, -0.05) is 41.0 Å². The van der Waals surface area contributed by atoms with Gasteiger partial charge in [-0.05, 0) is 18.2 Å². The topological polar surface area (TPSA) is 41.0 Å². The van der Waals surface area contributed by atoms with Crippen LogP contribution in [0.3, 0.4) is 0 Å². The molecular formula is C19H23ClN4O. The zero-order chi connectivity index (χ0) is 17.5. The van der Waals surface area contributed by atoms with Gasteiger partial charge >= 0.3 is 0 Å². The van der Waals surface area contributed by atoms with Gasteiger partial charge in [0.1, 0.15) is 12.9 Å². The van der Waals surface area contributed by atoms with Crippen LogP contribution in [0.1, 0.15) is 12.0 Å². The minimum atomic E-state index is 0.707. The molecule has 1 fully saturated rings. The molecular weight excluding hydrogens is 336 g/mol. The standard InChI is InChI=1S/C19H23ClN4O/c1-25-22-18(16-6-2-3-7-17(16)20)9-11-23-12-14-24(15-13-23)19-8-4-5-10-21-19/h2-8,10H,9,11-15H2,1H3. The second kappa shape index (κ2) is 8.83. The summed E-state index contributed by atoms with van der Waals surface area (Å²) < 4.78 is 0. The van der Waals surface area contributed by atoms with Crippen molar-refractivity contribution in [2.45, 2.75) is 6.42 Å². The number of benzene rings is 1. The number of halogens is 1. The monoisotopic (exact) mass is 358 g/mol. The van der Waals surface area contributed by atoms with Crippen LogP contribution in [-0.4, -0.2) is 55.4 Å². The maximum atomic E-state index is 6.30. The van der Waals surface area contributed by atoms with Crippen LogP contribution in [0.15, 0.2) is 53.8 Å². The summed E-state index contributed by atoms with van der Waals surface area (Å²) >= 11 is 6.30. The van der Waals surface area contributed by atoms with Crippen molar-refractivity contribution in [1.82, 2.24) is 9.88 Å². The summed E-state index contributed by atoms with van der Waals surface area (Å²) in [7, 11) is 1.57. The minimum Gasteiger partial charge on any atom is -0.399 e. The maximum Gasteiger partial charge on any atom is 0.128 e. The number of rotatable bonds is 6. The molecule has 3 rings (SSSR count). The first-order chi connectivity index (χ1) is 12.3. The molecule has 0 radical (unpaired) electrons. The normalized spacial score (nSPS) is 16.1. The molecule has 5 nitrogen and oxygen atoms in total. The molecule has 0 aliphatic carbocycles. The number of piperazine rings is 1. The molecule has 0 bridgehead atoms. The van der Waals surface area contributed by atoms with Crippen LogP contribution in [0.2, 0.25) is 5.02 Å². The smallest absolute Gasteiger partial charge is 0.128 e. The van der Waals surface area contributed by atoms with Gasteiger partial charge in [0.15, 0.2) is 0 Å². The lowest BCUT2D eigenvalue weighted by molar-refractivity contribution is 0.211. The van der Waals surface area contributed by atoms with Gasteiger partial charge in [-0.25, -0.2) is 4.98 Å². The summed E-state index contributed by atoms with van der Waals surface area (Å²) in [6.07, 6.45) is 2.65. The fourth-order valence-corrected chi connectivity index (χ4v) is 3.29. The summed E-state index contributed by atoms with van der Waals surface area (Å²) in [6.45, 7) is 4.93. The number of anilines is 1. The van der Waals surface area contributed by atoms with Gasteiger partial charge in [-0.2, -0.15) is 0 Å².